The zero-order chi connectivity index (χ0) is 19.4. The number of halogens is 2. The van der Waals surface area contributed by atoms with E-state index in [2.05, 4.69) is 15.3 Å². The molecule has 0 aliphatic carbocycles. The number of aryl methyl sites for hydroxylation is 1. The van der Waals surface area contributed by atoms with Gasteiger partial charge in [0.1, 0.15) is 18.2 Å². The molecule has 140 valence electrons. The molecule has 0 unspecified atom stereocenters. The Morgan fingerprint density at radius 2 is 2.15 bits per heavy atom. The highest BCUT2D eigenvalue weighted by molar-refractivity contribution is 7.71. The summed E-state index contributed by atoms with van der Waals surface area (Å²) in [6, 6.07) is 9.76. The lowest BCUT2D eigenvalue weighted by atomic mass is 10.2. The van der Waals surface area contributed by atoms with Gasteiger partial charge in [0, 0.05) is 5.56 Å². The van der Waals surface area contributed by atoms with E-state index in [0.29, 0.717) is 27.1 Å². The highest BCUT2D eigenvalue weighted by Crippen LogP contribution is 2.29. The van der Waals surface area contributed by atoms with Crippen LogP contribution in [-0.2, 0) is 6.61 Å². The Hall–Kier alpha value is -2.71. The maximum absolute atomic E-state index is 13.9. The second-order valence-corrected chi connectivity index (χ2v) is 6.33. The summed E-state index contributed by atoms with van der Waals surface area (Å²) in [6.45, 7) is 1.77. The second-order valence-electron chi connectivity index (χ2n) is 5.53. The third-order valence-electron chi connectivity index (χ3n) is 3.76. The number of nitrogens with one attached hydrogen (secondary N) is 1. The van der Waals surface area contributed by atoms with Gasteiger partial charge < -0.3 is 9.47 Å². The van der Waals surface area contributed by atoms with Crippen molar-refractivity contribution in [2.45, 2.75) is 13.5 Å². The zero-order valence-corrected chi connectivity index (χ0v) is 16.1. The molecule has 9 heteroatoms. The molecule has 0 aliphatic heterocycles. The standard InChI is InChI=1S/C18H16ClFN4O2S/c1-11-22-23-18(27)24(11)21-9-12-6-7-16(17(8-12)25-2)26-10-13-14(19)4-3-5-15(13)20/h3-9H,10H2,1-2H3,(H,23,27)/b21-9+. The van der Waals surface area contributed by atoms with Crippen molar-refractivity contribution in [1.82, 2.24) is 14.9 Å². The Labute approximate surface area is 165 Å². The summed E-state index contributed by atoms with van der Waals surface area (Å²) in [5, 5.41) is 11.2. The number of aromatic nitrogens is 3. The normalized spacial score (nSPS) is 11.1. The molecule has 0 atom stereocenters. The average Bonchev–Trinajstić information content (AvgIpc) is 2.98. The summed E-state index contributed by atoms with van der Waals surface area (Å²) in [5.74, 6) is 1.17. The van der Waals surface area contributed by atoms with E-state index in [4.69, 9.17) is 33.3 Å². The molecule has 6 nitrogen and oxygen atoms in total. The number of hydrogen-bond donors (Lipinski definition) is 1. The lowest BCUT2D eigenvalue weighted by Crippen LogP contribution is -2.01. The van der Waals surface area contributed by atoms with Crippen LogP contribution >= 0.6 is 23.8 Å². The number of rotatable bonds is 6. The maximum atomic E-state index is 13.9. The van der Waals surface area contributed by atoms with E-state index in [-0.39, 0.29) is 12.2 Å². The molecule has 0 spiro atoms. The minimum absolute atomic E-state index is 0.0152. The Morgan fingerprint density at radius 1 is 1.33 bits per heavy atom. The SMILES string of the molecule is COc1cc(/C=N/n2c(C)n[nH]c2=S)ccc1OCc1c(F)cccc1Cl. The van der Waals surface area contributed by atoms with Crippen LogP contribution in [0, 0.1) is 17.5 Å². The lowest BCUT2D eigenvalue weighted by Gasteiger charge is -2.12. The second kappa shape index (κ2) is 8.32. The molecule has 1 N–H and O–H groups in total. The van der Waals surface area contributed by atoms with Gasteiger partial charge in [0.05, 0.1) is 18.3 Å². The molecule has 3 aromatic rings. The van der Waals surface area contributed by atoms with Gasteiger partial charge in [0.15, 0.2) is 11.5 Å². The fourth-order valence-electron chi connectivity index (χ4n) is 2.33. The van der Waals surface area contributed by atoms with Gasteiger partial charge in [0.25, 0.3) is 0 Å². The minimum atomic E-state index is -0.419. The summed E-state index contributed by atoms with van der Waals surface area (Å²) in [4.78, 5) is 0. The fraction of sp³-hybridized carbons (Fsp3) is 0.167. The smallest absolute Gasteiger partial charge is 0.216 e. The maximum Gasteiger partial charge on any atom is 0.216 e. The Bertz CT molecular complexity index is 1030. The van der Waals surface area contributed by atoms with Crippen molar-refractivity contribution in [1.29, 1.82) is 0 Å². The molecule has 0 fully saturated rings. The third-order valence-corrected chi connectivity index (χ3v) is 4.37. The van der Waals surface area contributed by atoms with Crippen molar-refractivity contribution in [2.24, 2.45) is 5.10 Å². The van der Waals surface area contributed by atoms with Crippen molar-refractivity contribution < 1.29 is 13.9 Å². The molecule has 0 bridgehead atoms. The van der Waals surface area contributed by atoms with Crippen LogP contribution in [0.3, 0.4) is 0 Å². The molecule has 0 radical (unpaired) electrons. The predicted octanol–water partition coefficient (Wildman–Crippen LogP) is 4.51. The zero-order valence-electron chi connectivity index (χ0n) is 14.6. The number of methoxy groups -OCH3 is 1. The Balaban J connectivity index is 1.79. The molecule has 3 rings (SSSR count). The summed E-state index contributed by atoms with van der Waals surface area (Å²) >= 11 is 11.1. The molecule has 0 amide bonds. The van der Waals surface area contributed by atoms with Gasteiger partial charge in [-0.3, -0.25) is 5.10 Å². The molecule has 2 aromatic carbocycles. The van der Waals surface area contributed by atoms with E-state index in [1.807, 2.05) is 0 Å². The van der Waals surface area contributed by atoms with Gasteiger partial charge in [-0.25, -0.2) is 4.39 Å². The highest BCUT2D eigenvalue weighted by Gasteiger charge is 2.10. The molecule has 0 saturated heterocycles. The minimum Gasteiger partial charge on any atom is -0.493 e. The summed E-state index contributed by atoms with van der Waals surface area (Å²) in [6.07, 6.45) is 1.62. The number of nitrogens with zero attached hydrogens (tertiary/aromatic N) is 3. The van der Waals surface area contributed by atoms with E-state index >= 15 is 0 Å². The Kier molecular flexibility index (Phi) is 5.88. The largest absolute Gasteiger partial charge is 0.493 e. The molecule has 0 saturated carbocycles. The lowest BCUT2D eigenvalue weighted by molar-refractivity contribution is 0.280. The van der Waals surface area contributed by atoms with Gasteiger partial charge in [0.2, 0.25) is 4.77 Å². The predicted molar refractivity (Wildman–Crippen MR) is 104 cm³/mol. The number of benzene rings is 2. The van der Waals surface area contributed by atoms with Crippen molar-refractivity contribution in [3.8, 4) is 11.5 Å². The van der Waals surface area contributed by atoms with Gasteiger partial charge in [-0.05, 0) is 55.0 Å². The van der Waals surface area contributed by atoms with Crippen LogP contribution in [0.4, 0.5) is 4.39 Å². The van der Waals surface area contributed by atoms with Gasteiger partial charge in [-0.15, -0.1) is 0 Å². The van der Waals surface area contributed by atoms with Gasteiger partial charge >= 0.3 is 0 Å². The third kappa shape index (κ3) is 4.35. The van der Waals surface area contributed by atoms with Gasteiger partial charge in [-0.2, -0.15) is 14.9 Å². The summed E-state index contributed by atoms with van der Waals surface area (Å²) < 4.78 is 26.8. The first kappa shape index (κ1) is 19.1. The van der Waals surface area contributed by atoms with Crippen molar-refractivity contribution in [2.75, 3.05) is 7.11 Å². The first-order valence-corrected chi connectivity index (χ1v) is 8.70. The van der Waals surface area contributed by atoms with Crippen LogP contribution in [0.15, 0.2) is 41.5 Å². The van der Waals surface area contributed by atoms with Crippen molar-refractivity contribution in [3.05, 3.63) is 69.0 Å². The van der Waals surface area contributed by atoms with E-state index in [1.165, 1.54) is 17.9 Å². The molecule has 1 aromatic heterocycles. The van der Waals surface area contributed by atoms with Crippen molar-refractivity contribution >= 4 is 30.0 Å². The quantitative estimate of drug-likeness (QED) is 0.483. The fourth-order valence-corrected chi connectivity index (χ4v) is 2.78. The topological polar surface area (TPSA) is 64.4 Å². The first-order chi connectivity index (χ1) is 13.0. The molecule has 27 heavy (non-hydrogen) atoms. The number of hydrogen-bond acceptors (Lipinski definition) is 5. The van der Waals surface area contributed by atoms with Crippen LogP contribution in [0.5, 0.6) is 11.5 Å². The van der Waals surface area contributed by atoms with Crippen LogP contribution in [-0.4, -0.2) is 28.2 Å². The van der Waals surface area contributed by atoms with Crippen molar-refractivity contribution in [3.63, 3.8) is 0 Å². The summed E-state index contributed by atoms with van der Waals surface area (Å²) in [5.41, 5.74) is 1.06. The first-order valence-electron chi connectivity index (χ1n) is 7.91. The van der Waals surface area contributed by atoms with Crippen LogP contribution in [0.2, 0.25) is 5.02 Å². The molecule has 1 heterocycles. The van der Waals surface area contributed by atoms with Crippen LogP contribution in [0.25, 0.3) is 0 Å². The molecular weight excluding hydrogens is 391 g/mol. The average molecular weight is 407 g/mol. The van der Waals surface area contributed by atoms with E-state index < -0.39 is 5.82 Å². The number of H-pyrrole nitrogens is 1. The van der Waals surface area contributed by atoms with E-state index in [9.17, 15) is 4.39 Å². The molecular formula is C18H16ClFN4O2S. The highest BCUT2D eigenvalue weighted by atomic mass is 35.5. The number of ether oxygens (including phenoxy) is 2. The Morgan fingerprint density at radius 3 is 2.81 bits per heavy atom. The van der Waals surface area contributed by atoms with Crippen LogP contribution < -0.4 is 9.47 Å². The monoisotopic (exact) mass is 406 g/mol. The van der Waals surface area contributed by atoms with Crippen LogP contribution in [0.1, 0.15) is 17.0 Å². The van der Waals surface area contributed by atoms with E-state index in [0.717, 1.165) is 5.56 Å². The van der Waals surface area contributed by atoms with Gasteiger partial charge in [-0.1, -0.05) is 17.7 Å². The number of aromatic amines is 1. The molecule has 0 aliphatic rings. The van der Waals surface area contributed by atoms with E-state index in [1.54, 1.807) is 43.5 Å². The summed E-state index contributed by atoms with van der Waals surface area (Å²) in [7, 11) is 1.52.